The molecule has 2 heterocycles. The Kier molecular flexibility index (Phi) is 5.41. The van der Waals surface area contributed by atoms with E-state index in [1.165, 1.54) is 23.9 Å². The SMILES string of the molecule is CN=C1N[C@@H]2[C@@H](O)[C@H](O)[C@@H]([C@H](C)OCc3cccc(F)c3)O[C@@H]2S1. The molecule has 0 saturated carbocycles. The Morgan fingerprint density at radius 3 is 2.92 bits per heavy atom. The van der Waals surface area contributed by atoms with Crippen molar-refractivity contribution in [1.82, 2.24) is 5.32 Å². The Balaban J connectivity index is 1.63. The molecule has 0 unspecified atom stereocenters. The van der Waals surface area contributed by atoms with Crippen molar-refractivity contribution in [2.75, 3.05) is 7.05 Å². The van der Waals surface area contributed by atoms with Crippen LogP contribution < -0.4 is 5.32 Å². The second-order valence-corrected chi connectivity index (χ2v) is 7.00. The summed E-state index contributed by atoms with van der Waals surface area (Å²) in [5.74, 6) is -0.323. The average Bonchev–Trinajstić information content (AvgIpc) is 2.99. The van der Waals surface area contributed by atoms with E-state index < -0.39 is 30.5 Å². The molecular weight excluding hydrogens is 335 g/mol. The van der Waals surface area contributed by atoms with Crippen LogP contribution in [0.25, 0.3) is 0 Å². The topological polar surface area (TPSA) is 83.3 Å². The fourth-order valence-corrected chi connectivity index (χ4v) is 3.97. The maximum absolute atomic E-state index is 13.2. The zero-order valence-electron chi connectivity index (χ0n) is 13.4. The van der Waals surface area contributed by atoms with E-state index in [1.54, 1.807) is 26.1 Å². The molecule has 2 aliphatic heterocycles. The van der Waals surface area contributed by atoms with Gasteiger partial charge in [-0.2, -0.15) is 0 Å². The Morgan fingerprint density at radius 1 is 1.42 bits per heavy atom. The Labute approximate surface area is 144 Å². The monoisotopic (exact) mass is 356 g/mol. The van der Waals surface area contributed by atoms with Crippen LogP contribution in [-0.4, -0.2) is 58.3 Å². The molecule has 0 amide bonds. The van der Waals surface area contributed by atoms with Crippen molar-refractivity contribution < 1.29 is 24.1 Å². The van der Waals surface area contributed by atoms with Crippen LogP contribution in [-0.2, 0) is 16.1 Å². The summed E-state index contributed by atoms with van der Waals surface area (Å²) < 4.78 is 24.8. The summed E-state index contributed by atoms with van der Waals surface area (Å²) >= 11 is 1.38. The highest BCUT2D eigenvalue weighted by atomic mass is 32.2. The van der Waals surface area contributed by atoms with Crippen LogP contribution in [0.4, 0.5) is 4.39 Å². The molecule has 3 rings (SSSR count). The van der Waals surface area contributed by atoms with Crippen LogP contribution in [0.2, 0.25) is 0 Å². The molecule has 24 heavy (non-hydrogen) atoms. The van der Waals surface area contributed by atoms with Gasteiger partial charge in [-0.3, -0.25) is 4.99 Å². The number of hydrogen-bond donors (Lipinski definition) is 3. The number of thioether (sulfide) groups is 1. The van der Waals surface area contributed by atoms with Gasteiger partial charge in [0.2, 0.25) is 0 Å². The molecule has 6 atom stereocenters. The van der Waals surface area contributed by atoms with E-state index in [0.717, 1.165) is 0 Å². The molecule has 0 aliphatic carbocycles. The standard InChI is InChI=1S/C16H21FN2O4S/c1-8(22-7-9-4-3-5-10(17)6-9)14-13(21)12(20)11-15(23-14)24-16(18-2)19-11/h3-6,8,11-15,20-21H,7H2,1-2H3,(H,18,19)/t8-,11+,12+,13-,14+,15+/m0/s1. The fourth-order valence-electron chi connectivity index (χ4n) is 2.88. The molecule has 0 bridgehead atoms. The second kappa shape index (κ2) is 7.37. The quantitative estimate of drug-likeness (QED) is 0.743. The first kappa shape index (κ1) is 17.6. The van der Waals surface area contributed by atoms with Gasteiger partial charge < -0.3 is 25.0 Å². The molecule has 1 aromatic carbocycles. The summed E-state index contributed by atoms with van der Waals surface area (Å²) in [4.78, 5) is 4.05. The molecule has 0 aromatic heterocycles. The third kappa shape index (κ3) is 3.57. The molecule has 2 aliphatic rings. The van der Waals surface area contributed by atoms with Crippen LogP contribution in [0.15, 0.2) is 29.3 Å². The Hall–Kier alpha value is -1.19. The van der Waals surface area contributed by atoms with E-state index in [-0.39, 0.29) is 17.9 Å². The van der Waals surface area contributed by atoms with Gasteiger partial charge in [0.1, 0.15) is 29.6 Å². The first-order valence-corrected chi connectivity index (χ1v) is 8.65. The van der Waals surface area contributed by atoms with Gasteiger partial charge in [-0.05, 0) is 24.6 Å². The number of nitrogens with one attached hydrogen (secondary N) is 1. The van der Waals surface area contributed by atoms with Crippen molar-refractivity contribution in [3.05, 3.63) is 35.6 Å². The largest absolute Gasteiger partial charge is 0.388 e. The van der Waals surface area contributed by atoms with Crippen LogP contribution in [0.5, 0.6) is 0 Å². The normalized spacial score (nSPS) is 35.5. The predicted octanol–water partition coefficient (Wildman–Crippen LogP) is 0.868. The number of fused-ring (bicyclic) bond motifs is 1. The number of rotatable bonds is 4. The smallest absolute Gasteiger partial charge is 0.159 e. The summed E-state index contributed by atoms with van der Waals surface area (Å²) in [6.45, 7) is 1.96. The van der Waals surface area contributed by atoms with Gasteiger partial charge >= 0.3 is 0 Å². The minimum atomic E-state index is -1.09. The highest BCUT2D eigenvalue weighted by Crippen LogP contribution is 2.35. The molecule has 3 N–H and O–H groups in total. The van der Waals surface area contributed by atoms with Gasteiger partial charge in [0.25, 0.3) is 0 Å². The number of halogens is 1. The molecule has 2 saturated heterocycles. The van der Waals surface area contributed by atoms with Gasteiger partial charge in [0.05, 0.1) is 18.8 Å². The first-order valence-electron chi connectivity index (χ1n) is 7.77. The summed E-state index contributed by atoms with van der Waals surface area (Å²) in [5, 5.41) is 24.4. The zero-order valence-corrected chi connectivity index (χ0v) is 14.2. The lowest BCUT2D eigenvalue weighted by Crippen LogP contribution is -2.61. The van der Waals surface area contributed by atoms with Crippen LogP contribution in [0, 0.1) is 5.82 Å². The van der Waals surface area contributed by atoms with Crippen LogP contribution in [0.3, 0.4) is 0 Å². The minimum Gasteiger partial charge on any atom is -0.388 e. The fraction of sp³-hybridized carbons (Fsp3) is 0.562. The summed E-state index contributed by atoms with van der Waals surface area (Å²) in [7, 11) is 1.65. The Bertz CT molecular complexity index is 617. The van der Waals surface area contributed by atoms with E-state index >= 15 is 0 Å². The number of benzene rings is 1. The molecule has 8 heteroatoms. The van der Waals surface area contributed by atoms with Gasteiger partial charge in [-0.15, -0.1) is 0 Å². The summed E-state index contributed by atoms with van der Waals surface area (Å²) in [6.07, 6.45) is -3.22. The lowest BCUT2D eigenvalue weighted by molar-refractivity contribution is -0.195. The zero-order chi connectivity index (χ0) is 17.3. The molecule has 6 nitrogen and oxygen atoms in total. The molecule has 0 spiro atoms. The van der Waals surface area contributed by atoms with Gasteiger partial charge in [0.15, 0.2) is 5.17 Å². The average molecular weight is 356 g/mol. The molecular formula is C16H21FN2O4S. The number of hydrogen-bond acceptors (Lipinski definition) is 6. The van der Waals surface area contributed by atoms with E-state index in [9.17, 15) is 14.6 Å². The van der Waals surface area contributed by atoms with Crippen molar-refractivity contribution in [1.29, 1.82) is 0 Å². The third-order valence-corrected chi connectivity index (χ3v) is 5.38. The highest BCUT2D eigenvalue weighted by molar-refractivity contribution is 8.14. The molecule has 132 valence electrons. The molecule has 1 aromatic rings. The highest BCUT2D eigenvalue weighted by Gasteiger charge is 2.50. The van der Waals surface area contributed by atoms with E-state index in [1.807, 2.05) is 0 Å². The molecule has 0 radical (unpaired) electrons. The van der Waals surface area contributed by atoms with E-state index in [0.29, 0.717) is 10.7 Å². The second-order valence-electron chi connectivity index (χ2n) is 5.91. The number of amidine groups is 1. The van der Waals surface area contributed by atoms with Crippen LogP contribution in [0.1, 0.15) is 12.5 Å². The Morgan fingerprint density at radius 2 is 2.21 bits per heavy atom. The van der Waals surface area contributed by atoms with Crippen molar-refractivity contribution in [3.8, 4) is 0 Å². The maximum atomic E-state index is 13.2. The number of ether oxygens (including phenoxy) is 2. The van der Waals surface area contributed by atoms with Crippen molar-refractivity contribution in [3.63, 3.8) is 0 Å². The number of nitrogens with zero attached hydrogens (tertiary/aromatic N) is 1. The lowest BCUT2D eigenvalue weighted by Gasteiger charge is -2.41. The van der Waals surface area contributed by atoms with Gasteiger partial charge in [-0.1, -0.05) is 23.9 Å². The van der Waals surface area contributed by atoms with Crippen molar-refractivity contribution >= 4 is 16.9 Å². The first-order chi connectivity index (χ1) is 11.5. The van der Waals surface area contributed by atoms with Crippen molar-refractivity contribution in [2.45, 2.75) is 49.4 Å². The van der Waals surface area contributed by atoms with Crippen molar-refractivity contribution in [2.24, 2.45) is 4.99 Å². The number of aliphatic hydroxyl groups is 2. The number of aliphatic imine (C=N–C) groups is 1. The predicted molar refractivity (Wildman–Crippen MR) is 89.2 cm³/mol. The molecule has 2 fully saturated rings. The minimum absolute atomic E-state index is 0.197. The van der Waals surface area contributed by atoms with Crippen LogP contribution >= 0.6 is 11.8 Å². The maximum Gasteiger partial charge on any atom is 0.159 e. The summed E-state index contributed by atoms with van der Waals surface area (Å²) in [5.41, 5.74) is 0.357. The number of aliphatic hydroxyl groups excluding tert-OH is 2. The van der Waals surface area contributed by atoms with E-state index in [4.69, 9.17) is 9.47 Å². The lowest BCUT2D eigenvalue weighted by atomic mass is 9.95. The summed E-state index contributed by atoms with van der Waals surface area (Å²) in [6, 6.07) is 5.74. The van der Waals surface area contributed by atoms with Gasteiger partial charge in [0, 0.05) is 7.05 Å². The van der Waals surface area contributed by atoms with Gasteiger partial charge in [-0.25, -0.2) is 4.39 Å². The van der Waals surface area contributed by atoms with E-state index in [2.05, 4.69) is 10.3 Å². The third-order valence-electron chi connectivity index (χ3n) is 4.22.